The highest BCUT2D eigenvalue weighted by molar-refractivity contribution is 7.98. The van der Waals surface area contributed by atoms with Crippen molar-refractivity contribution in [2.75, 3.05) is 6.54 Å². The predicted octanol–water partition coefficient (Wildman–Crippen LogP) is 2.09. The normalized spacial score (nSPS) is 13.0. The van der Waals surface area contributed by atoms with Crippen LogP contribution >= 0.6 is 11.8 Å². The van der Waals surface area contributed by atoms with E-state index in [0.717, 1.165) is 0 Å². The molecular formula is C10H11F4NO3S. The third-order valence-electron chi connectivity index (χ3n) is 2.00. The SMILES string of the molecule is O=C(NCC(O)C(F)F)c1ccc(CSC(F)F)o1. The second kappa shape index (κ2) is 7.39. The number of amides is 1. The highest BCUT2D eigenvalue weighted by Crippen LogP contribution is 2.21. The molecule has 0 aromatic carbocycles. The summed E-state index contributed by atoms with van der Waals surface area (Å²) < 4.78 is 52.7. The number of halogens is 4. The van der Waals surface area contributed by atoms with Crippen LogP contribution in [0.15, 0.2) is 16.5 Å². The zero-order valence-corrected chi connectivity index (χ0v) is 10.3. The Morgan fingerprint density at radius 2 is 2.05 bits per heavy atom. The van der Waals surface area contributed by atoms with E-state index in [1.165, 1.54) is 12.1 Å². The Morgan fingerprint density at radius 3 is 2.63 bits per heavy atom. The van der Waals surface area contributed by atoms with E-state index in [-0.39, 0.29) is 17.3 Å². The molecule has 0 aliphatic rings. The summed E-state index contributed by atoms with van der Waals surface area (Å²) >= 11 is 0.334. The fraction of sp³-hybridized carbons (Fsp3) is 0.500. The van der Waals surface area contributed by atoms with E-state index < -0.39 is 30.7 Å². The molecule has 0 aliphatic carbocycles. The third-order valence-corrected chi connectivity index (χ3v) is 2.70. The number of hydrogen-bond donors (Lipinski definition) is 2. The largest absolute Gasteiger partial charge is 0.455 e. The van der Waals surface area contributed by atoms with Crippen LogP contribution in [0.2, 0.25) is 0 Å². The molecule has 4 nitrogen and oxygen atoms in total. The van der Waals surface area contributed by atoms with Gasteiger partial charge in [-0.25, -0.2) is 8.78 Å². The van der Waals surface area contributed by atoms with Crippen LogP contribution in [-0.2, 0) is 5.75 Å². The fourth-order valence-corrected chi connectivity index (χ4v) is 1.54. The lowest BCUT2D eigenvalue weighted by atomic mass is 10.3. The van der Waals surface area contributed by atoms with Crippen LogP contribution in [0.3, 0.4) is 0 Å². The van der Waals surface area contributed by atoms with Crippen LogP contribution < -0.4 is 5.32 Å². The maximum atomic E-state index is 12.0. The molecule has 1 aromatic heterocycles. The Balaban J connectivity index is 2.45. The third kappa shape index (κ3) is 5.52. The van der Waals surface area contributed by atoms with Gasteiger partial charge in [-0.15, -0.1) is 0 Å². The summed E-state index contributed by atoms with van der Waals surface area (Å²) in [6.07, 6.45) is -4.93. The van der Waals surface area contributed by atoms with E-state index >= 15 is 0 Å². The summed E-state index contributed by atoms with van der Waals surface area (Å²) in [5.41, 5.74) is 0. The van der Waals surface area contributed by atoms with Gasteiger partial charge in [-0.3, -0.25) is 4.79 Å². The maximum absolute atomic E-state index is 12.0. The lowest BCUT2D eigenvalue weighted by Crippen LogP contribution is -2.35. The van der Waals surface area contributed by atoms with Crippen molar-refractivity contribution < 1.29 is 31.9 Å². The zero-order valence-electron chi connectivity index (χ0n) is 9.48. The molecule has 0 fully saturated rings. The van der Waals surface area contributed by atoms with Crippen molar-refractivity contribution in [1.82, 2.24) is 5.32 Å². The number of nitrogens with one attached hydrogen (secondary N) is 1. The number of thioether (sulfide) groups is 1. The highest BCUT2D eigenvalue weighted by Gasteiger charge is 2.19. The molecule has 0 bridgehead atoms. The standard InChI is InChI=1S/C10H11F4NO3S/c11-8(12)6(16)3-15-9(17)7-2-1-5(18-7)4-19-10(13)14/h1-2,6,8,10,16H,3-4H2,(H,15,17). The first-order valence-corrected chi connectivity index (χ1v) is 6.18. The lowest BCUT2D eigenvalue weighted by Gasteiger charge is -2.09. The number of aliphatic hydroxyl groups is 1. The van der Waals surface area contributed by atoms with Crippen LogP contribution in [0, 0.1) is 0 Å². The monoisotopic (exact) mass is 301 g/mol. The van der Waals surface area contributed by atoms with Crippen molar-refractivity contribution in [3.63, 3.8) is 0 Å². The number of aliphatic hydroxyl groups excluding tert-OH is 1. The average Bonchev–Trinajstić information content (AvgIpc) is 2.81. The van der Waals surface area contributed by atoms with Gasteiger partial charge in [-0.2, -0.15) is 8.78 Å². The fourth-order valence-electron chi connectivity index (χ4n) is 1.10. The van der Waals surface area contributed by atoms with Crippen LogP contribution in [0.4, 0.5) is 17.6 Å². The molecule has 0 saturated heterocycles. The highest BCUT2D eigenvalue weighted by atomic mass is 32.2. The molecular weight excluding hydrogens is 290 g/mol. The zero-order chi connectivity index (χ0) is 14.4. The van der Waals surface area contributed by atoms with Crippen molar-refractivity contribution in [2.24, 2.45) is 0 Å². The molecule has 1 aromatic rings. The summed E-state index contributed by atoms with van der Waals surface area (Å²) in [4.78, 5) is 11.4. The van der Waals surface area contributed by atoms with Gasteiger partial charge in [0.15, 0.2) is 5.76 Å². The number of alkyl halides is 4. The minimum Gasteiger partial charge on any atom is -0.455 e. The Bertz CT molecular complexity index is 413. The van der Waals surface area contributed by atoms with Crippen LogP contribution in [-0.4, -0.2) is 35.8 Å². The van der Waals surface area contributed by atoms with Gasteiger partial charge in [-0.1, -0.05) is 11.8 Å². The minimum atomic E-state index is -2.96. The van der Waals surface area contributed by atoms with Gasteiger partial charge in [-0.05, 0) is 12.1 Å². The van der Waals surface area contributed by atoms with Gasteiger partial charge in [0.05, 0.1) is 5.75 Å². The Morgan fingerprint density at radius 1 is 1.37 bits per heavy atom. The quantitative estimate of drug-likeness (QED) is 0.757. The van der Waals surface area contributed by atoms with Gasteiger partial charge >= 0.3 is 0 Å². The molecule has 1 heterocycles. The summed E-state index contributed by atoms with van der Waals surface area (Å²) in [6, 6.07) is 2.58. The predicted molar refractivity (Wildman–Crippen MR) is 60.4 cm³/mol. The van der Waals surface area contributed by atoms with E-state index in [4.69, 9.17) is 9.52 Å². The van der Waals surface area contributed by atoms with Crippen molar-refractivity contribution in [1.29, 1.82) is 0 Å². The molecule has 0 spiro atoms. The topological polar surface area (TPSA) is 62.5 Å². The van der Waals surface area contributed by atoms with E-state index in [1.807, 2.05) is 5.32 Å². The molecule has 0 saturated carbocycles. The molecule has 0 radical (unpaired) electrons. The van der Waals surface area contributed by atoms with Crippen LogP contribution in [0.1, 0.15) is 16.3 Å². The maximum Gasteiger partial charge on any atom is 0.287 e. The Labute approximate surface area is 110 Å². The second-order valence-corrected chi connectivity index (χ2v) is 4.43. The first kappa shape index (κ1) is 15.8. The van der Waals surface area contributed by atoms with Crippen molar-refractivity contribution >= 4 is 17.7 Å². The molecule has 1 amide bonds. The van der Waals surface area contributed by atoms with Crippen LogP contribution in [0.5, 0.6) is 0 Å². The Hall–Kier alpha value is -1.22. The molecule has 108 valence electrons. The minimum absolute atomic E-state index is 0.107. The van der Waals surface area contributed by atoms with Gasteiger partial charge in [0.1, 0.15) is 11.9 Å². The lowest BCUT2D eigenvalue weighted by molar-refractivity contribution is -0.00283. The number of hydrogen-bond acceptors (Lipinski definition) is 4. The molecule has 1 unspecified atom stereocenters. The van der Waals surface area contributed by atoms with Crippen LogP contribution in [0.25, 0.3) is 0 Å². The van der Waals surface area contributed by atoms with E-state index in [1.54, 1.807) is 0 Å². The molecule has 1 rings (SSSR count). The van der Waals surface area contributed by atoms with Crippen molar-refractivity contribution in [2.45, 2.75) is 24.0 Å². The average molecular weight is 301 g/mol. The number of rotatable bonds is 7. The van der Waals surface area contributed by atoms with E-state index in [2.05, 4.69) is 0 Å². The number of carbonyl (C=O) groups is 1. The second-order valence-electron chi connectivity index (χ2n) is 3.45. The molecule has 2 N–H and O–H groups in total. The molecule has 1 atom stereocenters. The summed E-state index contributed by atoms with van der Waals surface area (Å²) in [5.74, 6) is -3.47. The van der Waals surface area contributed by atoms with Crippen molar-refractivity contribution in [3.8, 4) is 0 Å². The van der Waals surface area contributed by atoms with E-state index in [0.29, 0.717) is 11.8 Å². The Kier molecular flexibility index (Phi) is 6.16. The number of carbonyl (C=O) groups excluding carboxylic acids is 1. The first-order chi connectivity index (χ1) is 8.90. The summed E-state index contributed by atoms with van der Waals surface area (Å²) in [6.45, 7) is -0.627. The molecule has 0 aliphatic heterocycles. The molecule has 19 heavy (non-hydrogen) atoms. The van der Waals surface area contributed by atoms with Gasteiger partial charge in [0, 0.05) is 6.54 Å². The smallest absolute Gasteiger partial charge is 0.287 e. The molecule has 9 heteroatoms. The first-order valence-electron chi connectivity index (χ1n) is 5.13. The van der Waals surface area contributed by atoms with Crippen molar-refractivity contribution in [3.05, 3.63) is 23.7 Å². The van der Waals surface area contributed by atoms with Gasteiger partial charge in [0.25, 0.3) is 18.1 Å². The van der Waals surface area contributed by atoms with Gasteiger partial charge in [0.2, 0.25) is 0 Å². The van der Waals surface area contributed by atoms with E-state index in [9.17, 15) is 22.4 Å². The number of furan rings is 1. The van der Waals surface area contributed by atoms with Gasteiger partial charge < -0.3 is 14.8 Å². The summed E-state index contributed by atoms with van der Waals surface area (Å²) in [5, 5.41) is 10.8. The summed E-state index contributed by atoms with van der Waals surface area (Å²) in [7, 11) is 0.